The summed E-state index contributed by atoms with van der Waals surface area (Å²) in [5.74, 6) is -0.529. The van der Waals surface area contributed by atoms with Crippen molar-refractivity contribution in [3.8, 4) is 0 Å². The highest BCUT2D eigenvalue weighted by molar-refractivity contribution is 5.87. The second-order valence-electron chi connectivity index (χ2n) is 8.17. The molecule has 0 aromatic heterocycles. The van der Waals surface area contributed by atoms with Gasteiger partial charge in [0.15, 0.2) is 0 Å². The number of benzene rings is 2. The van der Waals surface area contributed by atoms with Gasteiger partial charge in [-0.15, -0.1) is 0 Å². The normalized spacial score (nSPS) is 11.8. The Labute approximate surface area is 204 Å². The van der Waals surface area contributed by atoms with Crippen LogP contribution in [0.25, 0.3) is 0 Å². The Bertz CT molecular complexity index is 683. The van der Waals surface area contributed by atoms with E-state index in [1.807, 2.05) is 0 Å². The molecule has 0 fully saturated rings. The van der Waals surface area contributed by atoms with Crippen LogP contribution in [0, 0.1) is 11.8 Å². The molecule has 2 rings (SSSR count). The van der Waals surface area contributed by atoms with Gasteiger partial charge in [0.2, 0.25) is 0 Å². The quantitative estimate of drug-likeness (QED) is 0.277. The van der Waals surface area contributed by atoms with Crippen molar-refractivity contribution in [1.29, 1.82) is 0 Å². The zero-order chi connectivity index (χ0) is 25.6. The van der Waals surface area contributed by atoms with Gasteiger partial charge in [-0.3, -0.25) is 0 Å². The smallest absolute Gasteiger partial charge is 0.335 e. The number of hydrogen-bond acceptors (Lipinski definition) is 4. The van der Waals surface area contributed by atoms with Crippen LogP contribution in [0.15, 0.2) is 60.7 Å². The summed E-state index contributed by atoms with van der Waals surface area (Å²) in [7, 11) is 0. The average Bonchev–Trinajstić information content (AvgIpc) is 2.86. The molecular formula is C28H42O6. The van der Waals surface area contributed by atoms with E-state index in [2.05, 4.69) is 13.8 Å². The average molecular weight is 475 g/mol. The lowest BCUT2D eigenvalue weighted by Crippen LogP contribution is -2.18. The molecule has 0 saturated carbocycles. The highest BCUT2D eigenvalue weighted by Gasteiger charge is 2.19. The van der Waals surface area contributed by atoms with E-state index in [1.54, 1.807) is 60.7 Å². The third-order valence-corrected chi connectivity index (χ3v) is 5.56. The van der Waals surface area contributed by atoms with Gasteiger partial charge >= 0.3 is 11.9 Å². The maximum absolute atomic E-state index is 10.2. The summed E-state index contributed by atoms with van der Waals surface area (Å²) in [4.78, 5) is 20.4. The number of carboxylic acid groups (broad SMARTS) is 2. The van der Waals surface area contributed by atoms with E-state index >= 15 is 0 Å². The van der Waals surface area contributed by atoms with Crippen LogP contribution in [-0.4, -0.2) is 45.6 Å². The van der Waals surface area contributed by atoms with Crippen LogP contribution in [0.4, 0.5) is 0 Å². The van der Waals surface area contributed by atoms with Crippen molar-refractivity contribution < 1.29 is 30.0 Å². The summed E-state index contributed by atoms with van der Waals surface area (Å²) in [6, 6.07) is 16.6. The number of aliphatic hydroxyl groups excluding tert-OH is 2. The molecule has 0 radical (unpaired) electrons. The molecule has 2 aromatic rings. The summed E-state index contributed by atoms with van der Waals surface area (Å²) in [5.41, 5.74) is 0.662. The first-order chi connectivity index (χ1) is 16.4. The molecule has 0 bridgehead atoms. The molecule has 6 heteroatoms. The molecule has 6 nitrogen and oxygen atoms in total. The van der Waals surface area contributed by atoms with Gasteiger partial charge in [0.1, 0.15) is 0 Å². The van der Waals surface area contributed by atoms with E-state index in [0.717, 1.165) is 12.8 Å². The van der Waals surface area contributed by atoms with Gasteiger partial charge in [0, 0.05) is 13.2 Å². The maximum Gasteiger partial charge on any atom is 0.335 e. The molecule has 190 valence electrons. The van der Waals surface area contributed by atoms with Crippen LogP contribution in [0.2, 0.25) is 0 Å². The lowest BCUT2D eigenvalue weighted by atomic mass is 9.80. The van der Waals surface area contributed by atoms with Crippen LogP contribution in [0.5, 0.6) is 0 Å². The van der Waals surface area contributed by atoms with Gasteiger partial charge in [-0.1, -0.05) is 88.8 Å². The summed E-state index contributed by atoms with van der Waals surface area (Å²) < 4.78 is 0. The van der Waals surface area contributed by atoms with E-state index < -0.39 is 11.9 Å². The number of carbonyl (C=O) groups is 2. The Hall–Kier alpha value is -2.70. The van der Waals surface area contributed by atoms with Gasteiger partial charge in [0.05, 0.1) is 11.1 Å². The summed E-state index contributed by atoms with van der Waals surface area (Å²) in [6.07, 6.45) is 9.19. The predicted molar refractivity (Wildman–Crippen MR) is 136 cm³/mol. The summed E-state index contributed by atoms with van der Waals surface area (Å²) in [5, 5.41) is 35.0. The Balaban J connectivity index is 0.000000513. The van der Waals surface area contributed by atoms with Gasteiger partial charge in [-0.25, -0.2) is 9.59 Å². The number of unbranched alkanes of at least 4 members (excludes halogenated alkanes) is 2. The molecule has 0 saturated heterocycles. The molecule has 2 atom stereocenters. The highest BCUT2D eigenvalue weighted by Crippen LogP contribution is 2.29. The van der Waals surface area contributed by atoms with E-state index in [9.17, 15) is 9.59 Å². The maximum atomic E-state index is 10.2. The Morgan fingerprint density at radius 2 is 0.941 bits per heavy atom. The number of carboxylic acids is 2. The molecule has 0 aliphatic rings. The van der Waals surface area contributed by atoms with Crippen LogP contribution in [-0.2, 0) is 0 Å². The molecule has 34 heavy (non-hydrogen) atoms. The summed E-state index contributed by atoms with van der Waals surface area (Å²) in [6.45, 7) is 5.01. The number of rotatable bonds is 13. The third-order valence-electron chi connectivity index (χ3n) is 5.56. The molecular weight excluding hydrogens is 432 g/mol. The monoisotopic (exact) mass is 474 g/mol. The Kier molecular flexibility index (Phi) is 19.2. The lowest BCUT2D eigenvalue weighted by molar-refractivity contribution is 0.0686. The van der Waals surface area contributed by atoms with E-state index in [-0.39, 0.29) is 0 Å². The Morgan fingerprint density at radius 3 is 1.15 bits per heavy atom. The highest BCUT2D eigenvalue weighted by atomic mass is 16.4. The standard InChI is InChI=1S/C14H30O2.2C7H6O2/c1-3-5-7-13(9-11-15)14(10-12-16)8-6-4-2;2*8-7(9)6-4-2-1-3-5-6/h13-16H,3-12H2,1-2H3;2*1-5H,(H,8,9). The second kappa shape index (κ2) is 20.9. The van der Waals surface area contributed by atoms with Crippen LogP contribution < -0.4 is 0 Å². The number of aliphatic hydroxyl groups is 2. The molecule has 0 spiro atoms. The van der Waals surface area contributed by atoms with Crippen molar-refractivity contribution in [3.05, 3.63) is 71.8 Å². The topological polar surface area (TPSA) is 115 Å². The first-order valence-electron chi connectivity index (χ1n) is 12.2. The van der Waals surface area contributed by atoms with Crippen molar-refractivity contribution >= 4 is 11.9 Å². The molecule has 2 unspecified atom stereocenters. The van der Waals surface area contributed by atoms with Crippen molar-refractivity contribution in [2.24, 2.45) is 11.8 Å². The lowest BCUT2D eigenvalue weighted by Gasteiger charge is -2.26. The fourth-order valence-corrected chi connectivity index (χ4v) is 3.66. The van der Waals surface area contributed by atoms with Gasteiger partial charge < -0.3 is 20.4 Å². The summed E-state index contributed by atoms with van der Waals surface area (Å²) >= 11 is 0. The zero-order valence-electron chi connectivity index (χ0n) is 20.6. The largest absolute Gasteiger partial charge is 0.478 e. The molecule has 0 amide bonds. The minimum atomic E-state index is -0.879. The number of hydrogen-bond donors (Lipinski definition) is 4. The SMILES string of the molecule is CCCCC(CCO)C(CCO)CCCC.O=C(O)c1ccccc1.O=C(O)c1ccccc1. The molecule has 0 heterocycles. The molecule has 0 aliphatic heterocycles. The van der Waals surface area contributed by atoms with Crippen molar-refractivity contribution in [2.75, 3.05) is 13.2 Å². The van der Waals surface area contributed by atoms with Crippen molar-refractivity contribution in [1.82, 2.24) is 0 Å². The van der Waals surface area contributed by atoms with E-state index in [1.165, 1.54) is 38.5 Å². The predicted octanol–water partition coefficient (Wildman–Crippen LogP) is 6.13. The van der Waals surface area contributed by atoms with E-state index in [4.69, 9.17) is 20.4 Å². The molecule has 0 aliphatic carbocycles. The van der Waals surface area contributed by atoms with Gasteiger partial charge in [0.25, 0.3) is 0 Å². The Morgan fingerprint density at radius 1 is 0.618 bits per heavy atom. The van der Waals surface area contributed by atoms with Crippen LogP contribution >= 0.6 is 0 Å². The van der Waals surface area contributed by atoms with Gasteiger partial charge in [-0.05, 0) is 48.9 Å². The molecule has 2 aromatic carbocycles. The van der Waals surface area contributed by atoms with Crippen molar-refractivity contribution in [3.63, 3.8) is 0 Å². The second-order valence-corrected chi connectivity index (χ2v) is 8.17. The first kappa shape index (κ1) is 31.3. The minimum absolute atomic E-state index is 0.294. The first-order valence-corrected chi connectivity index (χ1v) is 12.2. The van der Waals surface area contributed by atoms with Crippen LogP contribution in [0.3, 0.4) is 0 Å². The molecule has 4 N–H and O–H groups in total. The zero-order valence-corrected chi connectivity index (χ0v) is 20.6. The minimum Gasteiger partial charge on any atom is -0.478 e. The van der Waals surface area contributed by atoms with Crippen molar-refractivity contribution in [2.45, 2.75) is 65.2 Å². The third kappa shape index (κ3) is 15.2. The fraction of sp³-hybridized carbons (Fsp3) is 0.500. The van der Waals surface area contributed by atoms with Gasteiger partial charge in [-0.2, -0.15) is 0 Å². The van der Waals surface area contributed by atoms with Crippen LogP contribution in [0.1, 0.15) is 85.9 Å². The van der Waals surface area contributed by atoms with E-state index in [0.29, 0.717) is 36.2 Å². The number of aromatic carboxylic acids is 2. The fourth-order valence-electron chi connectivity index (χ4n) is 3.66.